The van der Waals surface area contributed by atoms with Crippen LogP contribution in [0.2, 0.25) is 0 Å². The van der Waals surface area contributed by atoms with Crippen LogP contribution in [0.25, 0.3) is 0 Å². The molecule has 2 N–H and O–H groups in total. The van der Waals surface area contributed by atoms with Crippen molar-refractivity contribution >= 4 is 32.9 Å². The quantitative estimate of drug-likeness (QED) is 0.820. The summed E-state index contributed by atoms with van der Waals surface area (Å²) in [4.78, 5) is 0. The Labute approximate surface area is 117 Å². The summed E-state index contributed by atoms with van der Waals surface area (Å²) in [5.74, 6) is 0.696. The number of rotatable bonds is 3. The molecule has 0 bridgehead atoms. The Hall–Kier alpha value is -1.60. The van der Waals surface area contributed by atoms with Crippen molar-refractivity contribution < 1.29 is 13.2 Å². The summed E-state index contributed by atoms with van der Waals surface area (Å²) >= 11 is 5.15. The summed E-state index contributed by atoms with van der Waals surface area (Å²) in [6.45, 7) is 0. The predicted octanol–water partition coefficient (Wildman–Crippen LogP) is 1.29. The van der Waals surface area contributed by atoms with Crippen molar-refractivity contribution in [3.05, 3.63) is 35.7 Å². The first-order chi connectivity index (χ1) is 9.00. The third-order valence-electron chi connectivity index (χ3n) is 2.60. The molecule has 0 aliphatic carbocycles. The minimum absolute atomic E-state index is 0.0285. The summed E-state index contributed by atoms with van der Waals surface area (Å²) in [6.07, 6.45) is 1.59. The van der Waals surface area contributed by atoms with Crippen molar-refractivity contribution in [3.8, 4) is 5.75 Å². The third-order valence-corrected chi connectivity index (χ3v) is 4.22. The molecule has 0 amide bonds. The van der Waals surface area contributed by atoms with Gasteiger partial charge in [-0.15, -0.1) is 0 Å². The molecule has 1 aromatic carbocycles. The summed E-state index contributed by atoms with van der Waals surface area (Å²) in [7, 11) is -1.51. The first kappa shape index (κ1) is 13.8. The Morgan fingerprint density at radius 3 is 2.79 bits per heavy atom. The van der Waals surface area contributed by atoms with Crippen LogP contribution < -0.4 is 15.4 Å². The van der Waals surface area contributed by atoms with Crippen LogP contribution in [0.3, 0.4) is 0 Å². The normalized spacial score (nSPS) is 19.9. The van der Waals surface area contributed by atoms with Crippen molar-refractivity contribution in [2.45, 2.75) is 6.04 Å². The van der Waals surface area contributed by atoms with Gasteiger partial charge in [-0.25, -0.2) is 8.42 Å². The van der Waals surface area contributed by atoms with E-state index in [1.807, 2.05) is 24.3 Å². The average molecular weight is 298 g/mol. The van der Waals surface area contributed by atoms with Gasteiger partial charge in [0.05, 0.1) is 24.6 Å². The highest BCUT2D eigenvalue weighted by Gasteiger charge is 2.22. The standard InChI is InChI=1S/C12H14N2O3S2/c1-17-11-5-3-2-4-10(11)14-12(18)13-9-6-7-19(15,16)8-9/h2-7,9H,8H2,1H3,(H2,13,14,18)/t9-/m1/s1. The number of hydrogen-bond acceptors (Lipinski definition) is 4. The molecule has 0 fully saturated rings. The predicted molar refractivity (Wildman–Crippen MR) is 79.1 cm³/mol. The number of ether oxygens (including phenoxy) is 1. The maximum atomic E-state index is 11.3. The van der Waals surface area contributed by atoms with E-state index in [0.717, 1.165) is 5.69 Å². The molecule has 0 aromatic heterocycles. The topological polar surface area (TPSA) is 67.4 Å². The molecule has 0 saturated heterocycles. The zero-order valence-corrected chi connectivity index (χ0v) is 11.9. The Kier molecular flexibility index (Phi) is 4.06. The minimum Gasteiger partial charge on any atom is -0.495 e. The van der Waals surface area contributed by atoms with E-state index in [1.54, 1.807) is 13.2 Å². The minimum atomic E-state index is -3.08. The lowest BCUT2D eigenvalue weighted by atomic mass is 10.3. The Morgan fingerprint density at radius 2 is 2.16 bits per heavy atom. The number of hydrogen-bond donors (Lipinski definition) is 2. The number of thiocarbonyl (C=S) groups is 1. The van der Waals surface area contributed by atoms with E-state index in [-0.39, 0.29) is 11.8 Å². The third kappa shape index (κ3) is 3.68. The molecule has 0 saturated carbocycles. The van der Waals surface area contributed by atoms with E-state index in [1.165, 1.54) is 5.41 Å². The average Bonchev–Trinajstić information content (AvgIpc) is 2.69. The van der Waals surface area contributed by atoms with Crippen molar-refractivity contribution in [2.75, 3.05) is 18.2 Å². The van der Waals surface area contributed by atoms with Gasteiger partial charge in [0.2, 0.25) is 0 Å². The molecule has 1 aliphatic rings. The molecule has 7 heteroatoms. The fourth-order valence-corrected chi connectivity index (χ4v) is 3.24. The van der Waals surface area contributed by atoms with Gasteiger partial charge in [-0.1, -0.05) is 12.1 Å². The largest absolute Gasteiger partial charge is 0.495 e. The van der Waals surface area contributed by atoms with Gasteiger partial charge in [-0.3, -0.25) is 0 Å². The molecule has 1 aromatic rings. The van der Waals surface area contributed by atoms with Gasteiger partial charge in [-0.2, -0.15) is 0 Å². The van der Waals surface area contributed by atoms with Crippen LogP contribution in [0.15, 0.2) is 35.7 Å². The molecule has 19 heavy (non-hydrogen) atoms. The molecule has 0 unspecified atom stereocenters. The summed E-state index contributed by atoms with van der Waals surface area (Å²) in [5.41, 5.74) is 0.729. The lowest BCUT2D eigenvalue weighted by Gasteiger charge is -2.15. The van der Waals surface area contributed by atoms with Crippen molar-refractivity contribution in [2.24, 2.45) is 0 Å². The number of para-hydroxylation sites is 2. The highest BCUT2D eigenvalue weighted by atomic mass is 32.2. The van der Waals surface area contributed by atoms with Gasteiger partial charge in [0.1, 0.15) is 5.75 Å². The molecule has 1 aliphatic heterocycles. The van der Waals surface area contributed by atoms with E-state index in [4.69, 9.17) is 17.0 Å². The second-order valence-corrected chi connectivity index (χ2v) is 6.40. The number of methoxy groups -OCH3 is 1. The maximum Gasteiger partial charge on any atom is 0.173 e. The SMILES string of the molecule is COc1ccccc1NC(=S)N[C@@H]1C=CS(=O)(=O)C1. The summed E-state index contributed by atoms with van der Waals surface area (Å²) in [6, 6.07) is 7.05. The van der Waals surface area contributed by atoms with Crippen molar-refractivity contribution in [1.82, 2.24) is 5.32 Å². The Bertz CT molecular complexity index is 611. The lowest BCUT2D eigenvalue weighted by Crippen LogP contribution is -2.38. The molecule has 102 valence electrons. The van der Waals surface area contributed by atoms with E-state index in [0.29, 0.717) is 10.9 Å². The highest BCUT2D eigenvalue weighted by molar-refractivity contribution is 7.94. The second kappa shape index (κ2) is 5.58. The first-order valence-electron chi connectivity index (χ1n) is 5.62. The highest BCUT2D eigenvalue weighted by Crippen LogP contribution is 2.22. The van der Waals surface area contributed by atoms with Crippen molar-refractivity contribution in [1.29, 1.82) is 0 Å². The number of nitrogens with one attached hydrogen (secondary N) is 2. The maximum absolute atomic E-state index is 11.3. The van der Waals surface area contributed by atoms with E-state index >= 15 is 0 Å². The molecular weight excluding hydrogens is 284 g/mol. The van der Waals surface area contributed by atoms with Gasteiger partial charge in [0.15, 0.2) is 14.9 Å². The number of benzene rings is 1. The van der Waals surface area contributed by atoms with Crippen LogP contribution in [-0.2, 0) is 9.84 Å². The zero-order chi connectivity index (χ0) is 13.9. The van der Waals surface area contributed by atoms with E-state index in [2.05, 4.69) is 10.6 Å². The van der Waals surface area contributed by atoms with E-state index in [9.17, 15) is 8.42 Å². The molecule has 1 atom stereocenters. The van der Waals surface area contributed by atoms with Crippen LogP contribution in [0, 0.1) is 0 Å². The van der Waals surface area contributed by atoms with Gasteiger partial charge < -0.3 is 15.4 Å². The lowest BCUT2D eigenvalue weighted by molar-refractivity contribution is 0.417. The fraction of sp³-hybridized carbons (Fsp3) is 0.250. The van der Waals surface area contributed by atoms with Crippen LogP contribution in [0.1, 0.15) is 0 Å². The van der Waals surface area contributed by atoms with Gasteiger partial charge in [0, 0.05) is 5.41 Å². The van der Waals surface area contributed by atoms with Gasteiger partial charge in [-0.05, 0) is 30.4 Å². The van der Waals surface area contributed by atoms with Crippen LogP contribution in [-0.4, -0.2) is 32.4 Å². The molecule has 5 nitrogen and oxygen atoms in total. The van der Waals surface area contributed by atoms with Gasteiger partial charge >= 0.3 is 0 Å². The first-order valence-corrected chi connectivity index (χ1v) is 7.74. The van der Waals surface area contributed by atoms with Crippen LogP contribution >= 0.6 is 12.2 Å². The second-order valence-electron chi connectivity index (χ2n) is 4.06. The Morgan fingerprint density at radius 1 is 1.42 bits per heavy atom. The number of sulfone groups is 1. The summed E-state index contributed by atoms with van der Waals surface area (Å²) in [5, 5.41) is 7.48. The summed E-state index contributed by atoms with van der Waals surface area (Å²) < 4.78 is 27.7. The van der Waals surface area contributed by atoms with E-state index < -0.39 is 9.84 Å². The fourth-order valence-electron chi connectivity index (χ4n) is 1.74. The molecule has 2 rings (SSSR count). The monoisotopic (exact) mass is 298 g/mol. The molecule has 0 spiro atoms. The molecule has 1 heterocycles. The number of anilines is 1. The van der Waals surface area contributed by atoms with Crippen LogP contribution in [0.5, 0.6) is 5.75 Å². The van der Waals surface area contributed by atoms with Crippen LogP contribution in [0.4, 0.5) is 5.69 Å². The smallest absolute Gasteiger partial charge is 0.173 e. The van der Waals surface area contributed by atoms with Gasteiger partial charge in [0.25, 0.3) is 0 Å². The molecule has 0 radical (unpaired) electrons. The Balaban J connectivity index is 1.97. The van der Waals surface area contributed by atoms with Crippen molar-refractivity contribution in [3.63, 3.8) is 0 Å². The molecular formula is C12H14N2O3S2. The zero-order valence-electron chi connectivity index (χ0n) is 10.3.